The van der Waals surface area contributed by atoms with Crippen molar-refractivity contribution in [3.05, 3.63) is 12.2 Å². The summed E-state index contributed by atoms with van der Waals surface area (Å²) in [6, 6.07) is 0. The van der Waals surface area contributed by atoms with E-state index in [0.29, 0.717) is 6.42 Å². The Kier molecular flexibility index (Phi) is 15.1. The minimum Gasteiger partial charge on any atom is -0.481 e. The number of carbonyl (C=O) groups is 2. The molecule has 2 N–H and O–H groups in total. The molecule has 0 unspecified atom stereocenters. The number of aliphatic carboxylic acids is 2. The number of hydrogen-bond donors (Lipinski definition) is 2. The van der Waals surface area contributed by atoms with Gasteiger partial charge in [-0.3, -0.25) is 9.59 Å². The molecule has 0 aliphatic rings. The van der Waals surface area contributed by atoms with Gasteiger partial charge in [-0.05, 0) is 52.4 Å². The average Bonchev–Trinajstić information content (AvgIpc) is 2.57. The molecule has 0 aromatic heterocycles. The molecule has 0 saturated carbocycles. The first kappa shape index (κ1) is 24.7. The molecule has 0 saturated heterocycles. The lowest BCUT2D eigenvalue weighted by molar-refractivity contribution is -0.147. The van der Waals surface area contributed by atoms with E-state index < -0.39 is 17.4 Å². The third-order valence-corrected chi connectivity index (χ3v) is 4.93. The molecule has 0 fully saturated rings. The predicted octanol–water partition coefficient (Wildman–Crippen LogP) is 6.59. The van der Waals surface area contributed by atoms with Crippen molar-refractivity contribution in [1.82, 2.24) is 0 Å². The van der Waals surface area contributed by atoms with Gasteiger partial charge >= 0.3 is 11.9 Å². The largest absolute Gasteiger partial charge is 0.481 e. The molecule has 0 spiro atoms. The Morgan fingerprint density at radius 2 is 1.12 bits per heavy atom. The standard InChI is InChI=1S/C22H40O4/c1-22(2,21(25)26)19-17-15-13-11-9-7-5-3-4-6-8-10-12-14-16-18-20(23)24/h3,5H,4,6-19H2,1-2H3,(H,23,24)(H,25,26)/b5-3+. The van der Waals surface area contributed by atoms with Crippen LogP contribution in [-0.4, -0.2) is 22.2 Å². The van der Waals surface area contributed by atoms with E-state index in [1.165, 1.54) is 38.5 Å². The van der Waals surface area contributed by atoms with Gasteiger partial charge in [0.25, 0.3) is 0 Å². The Hall–Kier alpha value is -1.32. The smallest absolute Gasteiger partial charge is 0.309 e. The molecule has 4 heteroatoms. The van der Waals surface area contributed by atoms with E-state index in [4.69, 9.17) is 10.2 Å². The molecule has 0 atom stereocenters. The van der Waals surface area contributed by atoms with Crippen LogP contribution < -0.4 is 0 Å². The summed E-state index contributed by atoms with van der Waals surface area (Å²) in [5.74, 6) is -1.38. The van der Waals surface area contributed by atoms with E-state index in [9.17, 15) is 9.59 Å². The molecule has 0 rings (SSSR count). The molecule has 0 heterocycles. The summed E-state index contributed by atoms with van der Waals surface area (Å²) in [6.45, 7) is 3.61. The summed E-state index contributed by atoms with van der Waals surface area (Å²) in [5.41, 5.74) is -0.582. The van der Waals surface area contributed by atoms with Gasteiger partial charge < -0.3 is 10.2 Å². The molecule has 0 amide bonds. The molecule has 0 aliphatic carbocycles. The lowest BCUT2D eigenvalue weighted by Crippen LogP contribution is -2.23. The third-order valence-electron chi connectivity index (χ3n) is 4.93. The minimum absolute atomic E-state index is 0.309. The summed E-state index contributed by atoms with van der Waals surface area (Å²) >= 11 is 0. The van der Waals surface area contributed by atoms with Crippen LogP contribution >= 0.6 is 0 Å². The molecule has 26 heavy (non-hydrogen) atoms. The van der Waals surface area contributed by atoms with Gasteiger partial charge in [-0.1, -0.05) is 63.5 Å². The second-order valence-corrected chi connectivity index (χ2v) is 8.02. The second kappa shape index (κ2) is 15.9. The van der Waals surface area contributed by atoms with E-state index in [-0.39, 0.29) is 0 Å². The Labute approximate surface area is 160 Å². The maximum Gasteiger partial charge on any atom is 0.309 e. The van der Waals surface area contributed by atoms with E-state index in [1.807, 2.05) is 0 Å². The van der Waals surface area contributed by atoms with Crippen LogP contribution in [0.5, 0.6) is 0 Å². The first-order valence-electron chi connectivity index (χ1n) is 10.5. The van der Waals surface area contributed by atoms with Crippen LogP contribution in [0.3, 0.4) is 0 Å². The number of hydrogen-bond acceptors (Lipinski definition) is 2. The molecular formula is C22H40O4. The fourth-order valence-electron chi connectivity index (χ4n) is 2.95. The van der Waals surface area contributed by atoms with Crippen LogP contribution in [0.2, 0.25) is 0 Å². The molecule has 0 aromatic carbocycles. The first-order chi connectivity index (χ1) is 12.4. The van der Waals surface area contributed by atoms with Crippen LogP contribution in [-0.2, 0) is 9.59 Å². The first-order valence-corrected chi connectivity index (χ1v) is 10.5. The Bertz CT molecular complexity index is 399. The van der Waals surface area contributed by atoms with Gasteiger partial charge in [0.1, 0.15) is 0 Å². The molecule has 0 radical (unpaired) electrons. The highest BCUT2D eigenvalue weighted by molar-refractivity contribution is 5.73. The van der Waals surface area contributed by atoms with Gasteiger partial charge in [0.2, 0.25) is 0 Å². The minimum atomic E-state index is -0.694. The van der Waals surface area contributed by atoms with E-state index >= 15 is 0 Å². The van der Waals surface area contributed by atoms with Crippen molar-refractivity contribution in [3.8, 4) is 0 Å². The van der Waals surface area contributed by atoms with Gasteiger partial charge in [-0.25, -0.2) is 0 Å². The number of rotatable bonds is 18. The van der Waals surface area contributed by atoms with E-state index in [0.717, 1.165) is 51.4 Å². The number of carboxylic acids is 2. The summed E-state index contributed by atoms with van der Waals surface area (Å²) in [7, 11) is 0. The van der Waals surface area contributed by atoms with Crippen molar-refractivity contribution in [2.45, 2.75) is 110 Å². The van der Waals surface area contributed by atoms with Gasteiger partial charge in [0, 0.05) is 6.42 Å². The van der Waals surface area contributed by atoms with Crippen molar-refractivity contribution < 1.29 is 19.8 Å². The van der Waals surface area contributed by atoms with Gasteiger partial charge in [0.15, 0.2) is 0 Å². The van der Waals surface area contributed by atoms with Crippen molar-refractivity contribution in [3.63, 3.8) is 0 Å². The quantitative estimate of drug-likeness (QED) is 0.211. The summed E-state index contributed by atoms with van der Waals surface area (Å²) < 4.78 is 0. The second-order valence-electron chi connectivity index (χ2n) is 8.02. The molecule has 4 nitrogen and oxygen atoms in total. The molecule has 152 valence electrons. The Morgan fingerprint density at radius 3 is 1.58 bits per heavy atom. The van der Waals surface area contributed by atoms with Crippen molar-refractivity contribution >= 4 is 11.9 Å². The van der Waals surface area contributed by atoms with Crippen molar-refractivity contribution in [2.75, 3.05) is 0 Å². The lowest BCUT2D eigenvalue weighted by atomic mass is 9.87. The summed E-state index contributed by atoms with van der Waals surface area (Å²) in [5, 5.41) is 17.6. The molecular weight excluding hydrogens is 328 g/mol. The van der Waals surface area contributed by atoms with Crippen LogP contribution in [0.1, 0.15) is 110 Å². The zero-order valence-electron chi connectivity index (χ0n) is 17.0. The van der Waals surface area contributed by atoms with Gasteiger partial charge in [0.05, 0.1) is 5.41 Å². The Balaban J connectivity index is 3.27. The fourth-order valence-corrected chi connectivity index (χ4v) is 2.95. The highest BCUT2D eigenvalue weighted by Crippen LogP contribution is 2.24. The maximum atomic E-state index is 11.0. The van der Waals surface area contributed by atoms with Crippen LogP contribution in [0.4, 0.5) is 0 Å². The number of allylic oxidation sites excluding steroid dienone is 2. The van der Waals surface area contributed by atoms with E-state index in [1.54, 1.807) is 13.8 Å². The summed E-state index contributed by atoms with van der Waals surface area (Å²) in [4.78, 5) is 21.4. The van der Waals surface area contributed by atoms with Crippen molar-refractivity contribution in [2.24, 2.45) is 5.41 Å². The number of unbranched alkanes of at least 4 members (excludes halogenated alkanes) is 11. The zero-order valence-corrected chi connectivity index (χ0v) is 17.0. The predicted molar refractivity (Wildman–Crippen MR) is 107 cm³/mol. The van der Waals surface area contributed by atoms with Gasteiger partial charge in [-0.2, -0.15) is 0 Å². The fraction of sp³-hybridized carbons (Fsp3) is 0.818. The van der Waals surface area contributed by atoms with E-state index in [2.05, 4.69) is 12.2 Å². The maximum absolute atomic E-state index is 11.0. The normalized spacial score (nSPS) is 11.9. The van der Waals surface area contributed by atoms with Crippen LogP contribution in [0.25, 0.3) is 0 Å². The monoisotopic (exact) mass is 368 g/mol. The SMILES string of the molecule is CC(C)(CCCCCCC/C=C/CCCCCCCCC(=O)O)C(=O)O. The lowest BCUT2D eigenvalue weighted by Gasteiger charge is -2.18. The topological polar surface area (TPSA) is 74.6 Å². The van der Waals surface area contributed by atoms with Crippen LogP contribution in [0.15, 0.2) is 12.2 Å². The van der Waals surface area contributed by atoms with Gasteiger partial charge in [-0.15, -0.1) is 0 Å². The number of carboxylic acid groups (broad SMARTS) is 2. The summed E-state index contributed by atoms with van der Waals surface area (Å²) in [6.07, 6.45) is 20.4. The average molecular weight is 369 g/mol. The van der Waals surface area contributed by atoms with Crippen LogP contribution in [0, 0.1) is 5.41 Å². The molecule has 0 aromatic rings. The highest BCUT2D eigenvalue weighted by Gasteiger charge is 2.25. The molecule has 0 bridgehead atoms. The highest BCUT2D eigenvalue weighted by atomic mass is 16.4. The Morgan fingerprint density at radius 1 is 0.692 bits per heavy atom. The molecule has 0 aliphatic heterocycles. The third kappa shape index (κ3) is 16.2. The zero-order chi connectivity index (χ0) is 19.7. The van der Waals surface area contributed by atoms with Crippen molar-refractivity contribution in [1.29, 1.82) is 0 Å².